The number of hydrogen-bond acceptors (Lipinski definition) is 4. The van der Waals surface area contributed by atoms with Gasteiger partial charge in [0.15, 0.2) is 5.78 Å². The summed E-state index contributed by atoms with van der Waals surface area (Å²) in [5, 5.41) is 12.7. The maximum absolute atomic E-state index is 13.8. The predicted octanol–water partition coefficient (Wildman–Crippen LogP) is 3.70. The first-order valence-electron chi connectivity index (χ1n) is 8.10. The Morgan fingerprint density at radius 2 is 1.96 bits per heavy atom. The van der Waals surface area contributed by atoms with Crippen LogP contribution in [0.4, 0.5) is 10.1 Å². The van der Waals surface area contributed by atoms with E-state index in [9.17, 15) is 19.1 Å². The zero-order chi connectivity index (χ0) is 18.7. The number of rotatable bonds is 5. The van der Waals surface area contributed by atoms with Gasteiger partial charge in [0, 0.05) is 11.9 Å². The fraction of sp³-hybridized carbons (Fsp3) is 0.100. The molecule has 0 amide bonds. The number of allylic oxidation sites excluding steroid dienone is 1. The minimum absolute atomic E-state index is 0.0689. The summed E-state index contributed by atoms with van der Waals surface area (Å²) in [4.78, 5) is 27.3. The lowest BCUT2D eigenvalue weighted by atomic mass is 10.1. The van der Waals surface area contributed by atoms with E-state index in [0.717, 1.165) is 0 Å². The number of pyridine rings is 1. The maximum Gasteiger partial charge on any atom is 0.259 e. The Bertz CT molecular complexity index is 1050. The van der Waals surface area contributed by atoms with Crippen molar-refractivity contribution in [3.8, 4) is 5.75 Å². The van der Waals surface area contributed by atoms with E-state index in [-0.39, 0.29) is 11.3 Å². The second kappa shape index (κ2) is 7.23. The van der Waals surface area contributed by atoms with Crippen LogP contribution in [0.5, 0.6) is 5.75 Å². The molecule has 0 radical (unpaired) electrons. The van der Waals surface area contributed by atoms with Gasteiger partial charge in [-0.25, -0.2) is 4.39 Å². The molecule has 132 valence electrons. The summed E-state index contributed by atoms with van der Waals surface area (Å²) in [7, 11) is 0. The zero-order valence-corrected chi connectivity index (χ0v) is 14.0. The van der Waals surface area contributed by atoms with Gasteiger partial charge in [-0.15, -0.1) is 0 Å². The topological polar surface area (TPSA) is 82.2 Å². The second-order valence-electron chi connectivity index (χ2n) is 5.75. The molecule has 0 saturated carbocycles. The number of H-pyrrole nitrogens is 1. The maximum atomic E-state index is 13.8. The van der Waals surface area contributed by atoms with Crippen LogP contribution >= 0.6 is 0 Å². The average Bonchev–Trinajstić information content (AvgIpc) is 2.61. The molecule has 1 heterocycles. The summed E-state index contributed by atoms with van der Waals surface area (Å²) < 4.78 is 13.8. The van der Waals surface area contributed by atoms with Gasteiger partial charge in [0.05, 0.1) is 16.8 Å². The van der Waals surface area contributed by atoms with Gasteiger partial charge >= 0.3 is 0 Å². The number of aromatic hydroxyl groups is 1. The molecule has 0 aliphatic rings. The summed E-state index contributed by atoms with van der Waals surface area (Å²) in [6.45, 7) is 2.43. The molecule has 0 atom stereocenters. The number of phenols is 1. The van der Waals surface area contributed by atoms with Crippen LogP contribution < -0.4 is 10.9 Å². The molecule has 6 heteroatoms. The van der Waals surface area contributed by atoms with E-state index in [1.807, 2.05) is 6.92 Å². The minimum Gasteiger partial charge on any atom is -0.508 e. The van der Waals surface area contributed by atoms with E-state index < -0.39 is 17.2 Å². The largest absolute Gasteiger partial charge is 0.508 e. The van der Waals surface area contributed by atoms with Crippen molar-refractivity contribution in [2.45, 2.75) is 6.92 Å². The van der Waals surface area contributed by atoms with Crippen LogP contribution in [0.1, 0.15) is 22.8 Å². The highest BCUT2D eigenvalue weighted by molar-refractivity contribution is 6.08. The molecule has 3 rings (SSSR count). The Hall–Kier alpha value is -3.41. The third-order valence-corrected chi connectivity index (χ3v) is 3.87. The number of anilines is 1. The summed E-state index contributed by atoms with van der Waals surface area (Å²) in [6, 6.07) is 10.2. The highest BCUT2D eigenvalue weighted by Crippen LogP contribution is 2.23. The second-order valence-corrected chi connectivity index (χ2v) is 5.75. The van der Waals surface area contributed by atoms with Gasteiger partial charge in [0.25, 0.3) is 5.56 Å². The van der Waals surface area contributed by atoms with Crippen molar-refractivity contribution in [2.24, 2.45) is 0 Å². The van der Waals surface area contributed by atoms with E-state index in [1.165, 1.54) is 36.4 Å². The number of hydrogen-bond donors (Lipinski definition) is 3. The van der Waals surface area contributed by atoms with Crippen molar-refractivity contribution < 1.29 is 14.3 Å². The van der Waals surface area contributed by atoms with Crippen molar-refractivity contribution in [3.63, 3.8) is 0 Å². The van der Waals surface area contributed by atoms with E-state index in [4.69, 9.17) is 0 Å². The molecule has 0 unspecified atom stereocenters. The number of fused-ring (bicyclic) bond motifs is 1. The first-order valence-corrected chi connectivity index (χ1v) is 8.10. The average molecular weight is 352 g/mol. The molecule has 26 heavy (non-hydrogen) atoms. The summed E-state index contributed by atoms with van der Waals surface area (Å²) in [5.41, 5.74) is 1.02. The number of aromatic amines is 1. The van der Waals surface area contributed by atoms with Crippen LogP contribution in [-0.2, 0) is 0 Å². The van der Waals surface area contributed by atoms with E-state index in [2.05, 4.69) is 10.3 Å². The fourth-order valence-corrected chi connectivity index (χ4v) is 2.64. The monoisotopic (exact) mass is 352 g/mol. The first kappa shape index (κ1) is 17.4. The molecule has 0 bridgehead atoms. The standard InChI is InChI=1S/C20H17FN2O3/c1-2-22-17-11-14(21)9-13-10-16(20(26)23-19(13)17)18(25)8-5-12-3-6-15(24)7-4-12/h3-11,22,24H,2H2,1H3,(H,23,26)/b8-5+. The van der Waals surface area contributed by atoms with Gasteiger partial charge in [0.1, 0.15) is 11.6 Å². The number of nitrogens with one attached hydrogen (secondary N) is 2. The molecule has 0 spiro atoms. The van der Waals surface area contributed by atoms with Crippen LogP contribution in [0, 0.1) is 5.82 Å². The highest BCUT2D eigenvalue weighted by Gasteiger charge is 2.12. The van der Waals surface area contributed by atoms with Crippen molar-refractivity contribution in [1.82, 2.24) is 4.98 Å². The van der Waals surface area contributed by atoms with Gasteiger partial charge in [-0.05, 0) is 48.9 Å². The Balaban J connectivity index is 1.99. The van der Waals surface area contributed by atoms with Crippen LogP contribution in [0.15, 0.2) is 53.3 Å². The van der Waals surface area contributed by atoms with E-state index in [1.54, 1.807) is 18.2 Å². The third kappa shape index (κ3) is 3.64. The SMILES string of the molecule is CCNc1cc(F)cc2cc(C(=O)/C=C/c3ccc(O)cc3)c(=O)[nH]c12. The van der Waals surface area contributed by atoms with Gasteiger partial charge < -0.3 is 15.4 Å². The smallest absolute Gasteiger partial charge is 0.259 e. The van der Waals surface area contributed by atoms with Crippen molar-refractivity contribution in [1.29, 1.82) is 0 Å². The number of phenolic OH excluding ortho intramolecular Hbond substituents is 1. The Morgan fingerprint density at radius 1 is 1.23 bits per heavy atom. The van der Waals surface area contributed by atoms with E-state index >= 15 is 0 Å². The Morgan fingerprint density at radius 3 is 2.65 bits per heavy atom. The molecule has 0 aliphatic carbocycles. The molecular formula is C20H17FN2O3. The van der Waals surface area contributed by atoms with Gasteiger partial charge in [-0.1, -0.05) is 18.2 Å². The predicted molar refractivity (Wildman–Crippen MR) is 100 cm³/mol. The molecule has 3 aromatic rings. The zero-order valence-electron chi connectivity index (χ0n) is 14.0. The summed E-state index contributed by atoms with van der Waals surface area (Å²) in [5.74, 6) is -0.827. The number of benzene rings is 2. The molecule has 5 nitrogen and oxygen atoms in total. The number of carbonyl (C=O) groups excluding carboxylic acids is 1. The quantitative estimate of drug-likeness (QED) is 0.483. The lowest BCUT2D eigenvalue weighted by Gasteiger charge is -2.09. The Kier molecular flexibility index (Phi) is 4.84. The number of aromatic nitrogens is 1. The summed E-state index contributed by atoms with van der Waals surface area (Å²) in [6.07, 6.45) is 2.81. The molecule has 0 aliphatic heterocycles. The van der Waals surface area contributed by atoms with Crippen LogP contribution in [-0.4, -0.2) is 22.4 Å². The molecule has 2 aromatic carbocycles. The normalized spacial score (nSPS) is 11.2. The van der Waals surface area contributed by atoms with Crippen molar-refractivity contribution >= 4 is 28.4 Å². The lowest BCUT2D eigenvalue weighted by Crippen LogP contribution is -2.17. The van der Waals surface area contributed by atoms with Gasteiger partial charge in [-0.2, -0.15) is 0 Å². The number of carbonyl (C=O) groups is 1. The lowest BCUT2D eigenvalue weighted by molar-refractivity contribution is 0.104. The Labute approximate surface area is 148 Å². The van der Waals surface area contributed by atoms with Crippen molar-refractivity contribution in [3.05, 3.63) is 75.8 Å². The summed E-state index contributed by atoms with van der Waals surface area (Å²) >= 11 is 0. The molecular weight excluding hydrogens is 335 g/mol. The fourth-order valence-electron chi connectivity index (χ4n) is 2.64. The molecule has 1 aromatic heterocycles. The number of ketones is 1. The first-order chi connectivity index (χ1) is 12.5. The minimum atomic E-state index is -0.538. The van der Waals surface area contributed by atoms with Crippen LogP contribution in [0.25, 0.3) is 17.0 Å². The van der Waals surface area contributed by atoms with Crippen LogP contribution in [0.2, 0.25) is 0 Å². The van der Waals surface area contributed by atoms with E-state index in [0.29, 0.717) is 28.7 Å². The third-order valence-electron chi connectivity index (χ3n) is 3.87. The number of halogens is 1. The highest BCUT2D eigenvalue weighted by atomic mass is 19.1. The van der Waals surface area contributed by atoms with Crippen molar-refractivity contribution in [2.75, 3.05) is 11.9 Å². The molecule has 0 fully saturated rings. The van der Waals surface area contributed by atoms with Crippen LogP contribution in [0.3, 0.4) is 0 Å². The van der Waals surface area contributed by atoms with Gasteiger partial charge in [0.2, 0.25) is 0 Å². The van der Waals surface area contributed by atoms with Gasteiger partial charge in [-0.3, -0.25) is 9.59 Å². The molecule has 3 N–H and O–H groups in total. The molecule has 0 saturated heterocycles.